The molecule has 3 nitrogen and oxygen atoms in total. The molecule has 5 heteroatoms. The van der Waals surface area contributed by atoms with Crippen molar-refractivity contribution < 1.29 is 0 Å². The Bertz CT molecular complexity index is 572. The van der Waals surface area contributed by atoms with Gasteiger partial charge in [0.15, 0.2) is 0 Å². The predicted octanol–water partition coefficient (Wildman–Crippen LogP) is 4.33. The highest BCUT2D eigenvalue weighted by molar-refractivity contribution is 14.1. The molecule has 1 heterocycles. The van der Waals surface area contributed by atoms with Gasteiger partial charge in [0.2, 0.25) is 0 Å². The molecule has 1 atom stereocenters. The lowest BCUT2D eigenvalue weighted by molar-refractivity contribution is 0.515. The number of hydrogen-bond donors (Lipinski definition) is 1. The zero-order valence-corrected chi connectivity index (χ0v) is 16.0. The normalized spacial score (nSPS) is 13.4. The van der Waals surface area contributed by atoms with E-state index in [0.717, 1.165) is 18.7 Å². The molecule has 0 aliphatic rings. The van der Waals surface area contributed by atoms with Gasteiger partial charge in [0.25, 0.3) is 0 Å². The van der Waals surface area contributed by atoms with Gasteiger partial charge in [-0.1, -0.05) is 44.3 Å². The summed E-state index contributed by atoms with van der Waals surface area (Å²) in [5.41, 5.74) is 2.49. The quantitative estimate of drug-likeness (QED) is 0.739. The van der Waals surface area contributed by atoms with E-state index in [1.807, 2.05) is 0 Å². The minimum Gasteiger partial charge on any atom is -0.309 e. The van der Waals surface area contributed by atoms with Gasteiger partial charge in [0.05, 0.1) is 10.6 Å². The molecule has 2 rings (SSSR count). The van der Waals surface area contributed by atoms with Crippen LogP contribution in [0.3, 0.4) is 0 Å². The molecule has 2 aromatic rings. The largest absolute Gasteiger partial charge is 0.309 e. The summed E-state index contributed by atoms with van der Waals surface area (Å²) in [6.45, 7) is 9.67. The third kappa shape index (κ3) is 4.47. The molecule has 0 bridgehead atoms. The van der Waals surface area contributed by atoms with Crippen molar-refractivity contribution in [3.63, 3.8) is 0 Å². The zero-order valence-electron chi connectivity index (χ0n) is 13.0. The number of nitrogens with one attached hydrogen (secondary N) is 1. The Hall–Kier alpha value is -0.530. The van der Waals surface area contributed by atoms with E-state index in [-0.39, 0.29) is 11.5 Å². The second-order valence-corrected chi connectivity index (χ2v) is 8.21. The van der Waals surface area contributed by atoms with Gasteiger partial charge in [-0.05, 0) is 64.8 Å². The maximum atomic E-state index is 4.37. The van der Waals surface area contributed by atoms with Crippen molar-refractivity contribution in [1.82, 2.24) is 14.9 Å². The van der Waals surface area contributed by atoms with Crippen LogP contribution in [0.4, 0.5) is 0 Å². The van der Waals surface area contributed by atoms with Crippen molar-refractivity contribution in [2.45, 2.75) is 45.6 Å². The Morgan fingerprint density at radius 2 is 1.90 bits per heavy atom. The summed E-state index contributed by atoms with van der Waals surface area (Å²) in [6, 6.07) is 9.02. The molecule has 1 aromatic heterocycles. The maximum absolute atomic E-state index is 4.37. The Labute approximate surface area is 144 Å². The molecule has 0 aliphatic heterocycles. The summed E-state index contributed by atoms with van der Waals surface area (Å²) in [5, 5.41) is 7.96. The van der Waals surface area contributed by atoms with E-state index in [9.17, 15) is 0 Å². The van der Waals surface area contributed by atoms with Crippen LogP contribution in [-0.4, -0.2) is 16.1 Å². The highest BCUT2D eigenvalue weighted by Gasteiger charge is 2.27. The van der Waals surface area contributed by atoms with Gasteiger partial charge in [-0.25, -0.2) is 0 Å². The fraction of sp³-hybridized carbons (Fsp3) is 0.500. The van der Waals surface area contributed by atoms with E-state index in [1.165, 1.54) is 25.5 Å². The highest BCUT2D eigenvalue weighted by atomic mass is 127. The molecule has 0 spiro atoms. The van der Waals surface area contributed by atoms with Gasteiger partial charge in [0, 0.05) is 15.0 Å². The second-order valence-electron chi connectivity index (χ2n) is 6.18. The average molecular weight is 415 g/mol. The summed E-state index contributed by atoms with van der Waals surface area (Å²) in [6.07, 6.45) is 0.970. The molecule has 1 aromatic carbocycles. The Kier molecular flexibility index (Phi) is 5.73. The minimum absolute atomic E-state index is 0.0298. The average Bonchev–Trinajstić information content (AvgIpc) is 2.90. The molecule has 0 saturated carbocycles. The fourth-order valence-corrected chi connectivity index (χ4v) is 3.60. The first kappa shape index (κ1) is 16.8. The van der Waals surface area contributed by atoms with Gasteiger partial charge in [-0.3, -0.25) is 0 Å². The second kappa shape index (κ2) is 7.15. The Balaban J connectivity index is 2.27. The lowest BCUT2D eigenvalue weighted by Crippen LogP contribution is -2.25. The summed E-state index contributed by atoms with van der Waals surface area (Å²) < 4.78 is 5.47. The highest BCUT2D eigenvalue weighted by Crippen LogP contribution is 2.32. The molecule has 114 valence electrons. The molecular formula is C16H22IN3S. The van der Waals surface area contributed by atoms with E-state index in [1.54, 1.807) is 0 Å². The van der Waals surface area contributed by atoms with Gasteiger partial charge in [-0.15, -0.1) is 5.10 Å². The van der Waals surface area contributed by atoms with Crippen LogP contribution in [0.2, 0.25) is 0 Å². The number of aromatic nitrogens is 2. The van der Waals surface area contributed by atoms with Gasteiger partial charge < -0.3 is 5.32 Å². The van der Waals surface area contributed by atoms with Crippen LogP contribution >= 0.6 is 34.1 Å². The molecule has 1 N–H and O–H groups in total. The molecule has 1 unspecified atom stereocenters. The van der Waals surface area contributed by atoms with Crippen molar-refractivity contribution in [2.24, 2.45) is 0 Å². The first-order valence-corrected chi connectivity index (χ1v) is 9.07. The van der Waals surface area contributed by atoms with Crippen molar-refractivity contribution >= 4 is 34.1 Å². The van der Waals surface area contributed by atoms with Crippen molar-refractivity contribution in [3.8, 4) is 0 Å². The summed E-state index contributed by atoms with van der Waals surface area (Å²) in [7, 11) is 0. The number of hydrogen-bond acceptors (Lipinski definition) is 4. The molecule has 0 fully saturated rings. The summed E-state index contributed by atoms with van der Waals surface area (Å²) >= 11 is 3.86. The van der Waals surface area contributed by atoms with E-state index in [0.29, 0.717) is 0 Å². The van der Waals surface area contributed by atoms with Crippen LogP contribution in [0, 0.1) is 3.57 Å². The summed E-state index contributed by atoms with van der Waals surface area (Å²) in [4.78, 5) is 1.27. The number of benzene rings is 1. The fourth-order valence-electron chi connectivity index (χ4n) is 2.31. The van der Waals surface area contributed by atoms with Gasteiger partial charge in [0.1, 0.15) is 0 Å². The standard InChI is InChI=1S/C16H22IN3S/c1-5-18-13(10-11-6-8-12(17)9-7-11)14-15(16(2,3)4)19-20-21-14/h6-9,13,18H,5,10H2,1-4H3. The smallest absolute Gasteiger partial charge is 0.0857 e. The maximum Gasteiger partial charge on any atom is 0.0857 e. The molecule has 0 saturated heterocycles. The van der Waals surface area contributed by atoms with Crippen LogP contribution in [0.5, 0.6) is 0 Å². The minimum atomic E-state index is 0.0298. The SMILES string of the molecule is CCNC(Cc1ccc(I)cc1)c1snnc1C(C)(C)C. The third-order valence-corrected chi connectivity index (χ3v) is 4.90. The van der Waals surface area contributed by atoms with Crippen molar-refractivity contribution in [3.05, 3.63) is 44.0 Å². The number of halogens is 1. The van der Waals surface area contributed by atoms with E-state index >= 15 is 0 Å². The van der Waals surface area contributed by atoms with Crippen LogP contribution in [0.15, 0.2) is 24.3 Å². The summed E-state index contributed by atoms with van der Waals surface area (Å²) in [5.74, 6) is 0. The lowest BCUT2D eigenvalue weighted by atomic mass is 9.89. The Morgan fingerprint density at radius 1 is 1.24 bits per heavy atom. The van der Waals surface area contributed by atoms with Crippen molar-refractivity contribution in [2.75, 3.05) is 6.54 Å². The van der Waals surface area contributed by atoms with E-state index < -0.39 is 0 Å². The number of likely N-dealkylation sites (N-methyl/N-ethyl adjacent to an activating group) is 1. The molecule has 0 amide bonds. The monoisotopic (exact) mass is 415 g/mol. The molecule has 0 aliphatic carbocycles. The van der Waals surface area contributed by atoms with E-state index in [2.05, 4.69) is 89.5 Å². The Morgan fingerprint density at radius 3 is 2.48 bits per heavy atom. The van der Waals surface area contributed by atoms with Crippen LogP contribution in [-0.2, 0) is 11.8 Å². The molecule has 0 radical (unpaired) electrons. The van der Waals surface area contributed by atoms with Crippen LogP contribution in [0.25, 0.3) is 0 Å². The van der Waals surface area contributed by atoms with Crippen LogP contribution < -0.4 is 5.32 Å². The molecular weight excluding hydrogens is 393 g/mol. The number of rotatable bonds is 5. The number of nitrogens with zero attached hydrogens (tertiary/aromatic N) is 2. The predicted molar refractivity (Wildman–Crippen MR) is 97.9 cm³/mol. The third-order valence-electron chi connectivity index (χ3n) is 3.34. The van der Waals surface area contributed by atoms with Gasteiger partial charge in [-0.2, -0.15) is 0 Å². The van der Waals surface area contributed by atoms with Crippen molar-refractivity contribution in [1.29, 1.82) is 0 Å². The van der Waals surface area contributed by atoms with Crippen LogP contribution in [0.1, 0.15) is 49.9 Å². The molecule has 21 heavy (non-hydrogen) atoms. The topological polar surface area (TPSA) is 37.8 Å². The van der Waals surface area contributed by atoms with Gasteiger partial charge >= 0.3 is 0 Å². The first-order valence-electron chi connectivity index (χ1n) is 7.22. The van der Waals surface area contributed by atoms with E-state index in [4.69, 9.17) is 0 Å². The first-order chi connectivity index (χ1) is 9.91. The lowest BCUT2D eigenvalue weighted by Gasteiger charge is -2.22. The zero-order chi connectivity index (χ0) is 15.5.